The average molecular weight is 396 g/mol. The fraction of sp³-hybridized carbons (Fsp3) is 0.318. The summed E-state index contributed by atoms with van der Waals surface area (Å²) in [5.74, 6) is -1.17. The maximum absolute atomic E-state index is 12.5. The molecule has 3 rings (SSSR count). The van der Waals surface area contributed by atoms with Gasteiger partial charge in [-0.1, -0.05) is 6.08 Å². The predicted molar refractivity (Wildman–Crippen MR) is 109 cm³/mol. The van der Waals surface area contributed by atoms with Crippen molar-refractivity contribution < 1.29 is 23.9 Å². The van der Waals surface area contributed by atoms with Crippen LogP contribution in [0.4, 0.5) is 11.4 Å². The average Bonchev–Trinajstić information content (AvgIpc) is 2.96. The van der Waals surface area contributed by atoms with Crippen LogP contribution in [0.5, 0.6) is 0 Å². The van der Waals surface area contributed by atoms with Crippen LogP contribution in [0, 0.1) is 6.92 Å². The first-order chi connectivity index (χ1) is 14.0. The lowest BCUT2D eigenvalue weighted by atomic mass is 10.1. The van der Waals surface area contributed by atoms with E-state index in [-0.39, 0.29) is 17.2 Å². The predicted octanol–water partition coefficient (Wildman–Crippen LogP) is 3.00. The second-order valence-electron chi connectivity index (χ2n) is 6.79. The number of methoxy groups -OCH3 is 2. The Labute approximate surface area is 169 Å². The molecule has 0 atom stereocenters. The third kappa shape index (κ3) is 4.08. The lowest BCUT2D eigenvalue weighted by Crippen LogP contribution is -2.35. The number of ether oxygens (including phenoxy) is 2. The molecule has 0 aliphatic carbocycles. The first kappa shape index (κ1) is 20.4. The van der Waals surface area contributed by atoms with Gasteiger partial charge in [0.1, 0.15) is 5.70 Å². The summed E-state index contributed by atoms with van der Waals surface area (Å²) in [5, 5.41) is 0. The van der Waals surface area contributed by atoms with Crippen molar-refractivity contribution >= 4 is 29.2 Å². The summed E-state index contributed by atoms with van der Waals surface area (Å²) >= 11 is 0. The van der Waals surface area contributed by atoms with Crippen LogP contribution in [0.2, 0.25) is 0 Å². The van der Waals surface area contributed by atoms with Crippen molar-refractivity contribution in [3.05, 3.63) is 59.5 Å². The summed E-state index contributed by atoms with van der Waals surface area (Å²) in [6, 6.07) is 5.56. The maximum atomic E-state index is 12.5. The van der Waals surface area contributed by atoms with Crippen molar-refractivity contribution in [3.63, 3.8) is 0 Å². The Morgan fingerprint density at radius 2 is 1.79 bits per heavy atom. The molecule has 0 spiro atoms. The number of allylic oxidation sites excluding steroid dienone is 2. The second kappa shape index (κ2) is 8.77. The third-order valence-electron chi connectivity index (χ3n) is 4.96. The summed E-state index contributed by atoms with van der Waals surface area (Å²) in [7, 11) is 2.52. The molecule has 29 heavy (non-hydrogen) atoms. The Kier molecular flexibility index (Phi) is 6.16. The molecule has 1 aromatic carbocycles. The number of carbonyl (C=O) groups is 3. The molecule has 0 N–H and O–H groups in total. The van der Waals surface area contributed by atoms with Crippen LogP contribution in [0.25, 0.3) is 0 Å². The van der Waals surface area contributed by atoms with Gasteiger partial charge in [-0.15, -0.1) is 0 Å². The van der Waals surface area contributed by atoms with Gasteiger partial charge in [0.15, 0.2) is 0 Å². The quantitative estimate of drug-likeness (QED) is 0.729. The van der Waals surface area contributed by atoms with Crippen molar-refractivity contribution in [2.24, 2.45) is 0 Å². The molecule has 0 unspecified atom stereocenters. The van der Waals surface area contributed by atoms with E-state index in [9.17, 15) is 14.4 Å². The zero-order chi connectivity index (χ0) is 21.0. The molecule has 7 heteroatoms. The van der Waals surface area contributed by atoms with Crippen molar-refractivity contribution in [2.45, 2.75) is 26.2 Å². The zero-order valence-corrected chi connectivity index (χ0v) is 16.8. The van der Waals surface area contributed by atoms with Crippen LogP contribution in [-0.2, 0) is 23.9 Å². The molecule has 1 fully saturated rings. The minimum absolute atomic E-state index is 0.0607. The van der Waals surface area contributed by atoms with Gasteiger partial charge in [0.05, 0.1) is 19.8 Å². The number of piperidine rings is 1. The number of hydrogen-bond donors (Lipinski definition) is 0. The van der Waals surface area contributed by atoms with Gasteiger partial charge in [-0.05, 0) is 55.7 Å². The first-order valence-corrected chi connectivity index (χ1v) is 9.44. The van der Waals surface area contributed by atoms with Gasteiger partial charge in [0, 0.05) is 30.5 Å². The summed E-state index contributed by atoms with van der Waals surface area (Å²) in [6.07, 6.45) is 9.02. The molecule has 1 amide bonds. The van der Waals surface area contributed by atoms with Crippen molar-refractivity contribution in [3.8, 4) is 0 Å². The zero-order valence-electron chi connectivity index (χ0n) is 16.8. The number of anilines is 2. The smallest absolute Gasteiger partial charge is 0.355 e. The highest BCUT2D eigenvalue weighted by Gasteiger charge is 2.28. The fourth-order valence-electron chi connectivity index (χ4n) is 3.52. The molecule has 2 aliphatic rings. The second-order valence-corrected chi connectivity index (χ2v) is 6.79. The monoisotopic (exact) mass is 396 g/mol. The minimum Gasteiger partial charge on any atom is -0.465 e. The summed E-state index contributed by atoms with van der Waals surface area (Å²) in [4.78, 5) is 40.5. The number of amides is 1. The maximum Gasteiger partial charge on any atom is 0.355 e. The standard InChI is InChI=1S/C22H24N2O5/c1-15-14-16(10-11-18(15)24-13-7-5-9-19(24)25)23-12-6-4-8-17(21(26)28-2)20(23)22(27)29-3/h4,6,8,10-12,14H,5,7,9,13H2,1-3H3. The van der Waals surface area contributed by atoms with Gasteiger partial charge in [-0.2, -0.15) is 0 Å². The summed E-state index contributed by atoms with van der Waals surface area (Å²) in [6.45, 7) is 2.62. The Hall–Kier alpha value is -3.35. The van der Waals surface area contributed by atoms with E-state index >= 15 is 0 Å². The highest BCUT2D eigenvalue weighted by atomic mass is 16.5. The van der Waals surface area contributed by atoms with Crippen LogP contribution in [0.15, 0.2) is 53.9 Å². The largest absolute Gasteiger partial charge is 0.465 e. The molecule has 0 radical (unpaired) electrons. The Balaban J connectivity index is 2.05. The Morgan fingerprint density at radius 3 is 2.45 bits per heavy atom. The normalized spacial score (nSPS) is 16.7. The molecular formula is C22H24N2O5. The van der Waals surface area contributed by atoms with E-state index in [0.29, 0.717) is 18.7 Å². The SMILES string of the molecule is COC(=O)C1=C(C(=O)OC)N(c2ccc(N3CCCCC3=O)c(C)c2)C=CC=C1. The van der Waals surface area contributed by atoms with E-state index in [0.717, 1.165) is 24.1 Å². The highest BCUT2D eigenvalue weighted by molar-refractivity contribution is 6.05. The number of esters is 2. The van der Waals surface area contributed by atoms with Crippen molar-refractivity contribution in [2.75, 3.05) is 30.6 Å². The third-order valence-corrected chi connectivity index (χ3v) is 4.96. The van der Waals surface area contributed by atoms with Gasteiger partial charge in [0.25, 0.3) is 0 Å². The fourth-order valence-corrected chi connectivity index (χ4v) is 3.52. The number of hydrogen-bond acceptors (Lipinski definition) is 6. The molecule has 1 aromatic rings. The van der Waals surface area contributed by atoms with Gasteiger partial charge >= 0.3 is 11.9 Å². The van der Waals surface area contributed by atoms with Crippen LogP contribution in [-0.4, -0.2) is 38.6 Å². The molecule has 0 bridgehead atoms. The van der Waals surface area contributed by atoms with Crippen molar-refractivity contribution in [1.82, 2.24) is 0 Å². The summed E-state index contributed by atoms with van der Waals surface area (Å²) in [5.41, 5.74) is 2.57. The molecule has 0 saturated carbocycles. The number of carbonyl (C=O) groups excluding carboxylic acids is 3. The Morgan fingerprint density at radius 1 is 1.03 bits per heavy atom. The molecule has 0 aromatic heterocycles. The minimum atomic E-state index is -0.658. The number of rotatable bonds is 4. The van der Waals surface area contributed by atoms with E-state index in [4.69, 9.17) is 9.47 Å². The van der Waals surface area contributed by atoms with E-state index in [1.165, 1.54) is 20.3 Å². The molecule has 152 valence electrons. The molecule has 7 nitrogen and oxygen atoms in total. The van der Waals surface area contributed by atoms with Crippen LogP contribution in [0.1, 0.15) is 24.8 Å². The van der Waals surface area contributed by atoms with Crippen LogP contribution < -0.4 is 9.80 Å². The van der Waals surface area contributed by atoms with Gasteiger partial charge < -0.3 is 19.3 Å². The number of nitrogens with zero attached hydrogens (tertiary/aromatic N) is 2. The van der Waals surface area contributed by atoms with E-state index in [2.05, 4.69) is 0 Å². The van der Waals surface area contributed by atoms with Crippen LogP contribution >= 0.6 is 0 Å². The molecule has 1 saturated heterocycles. The molecule has 2 aliphatic heterocycles. The lowest BCUT2D eigenvalue weighted by molar-refractivity contribution is -0.139. The van der Waals surface area contributed by atoms with Gasteiger partial charge in [-0.3, -0.25) is 4.79 Å². The van der Waals surface area contributed by atoms with Gasteiger partial charge in [-0.25, -0.2) is 9.59 Å². The van der Waals surface area contributed by atoms with E-state index in [1.54, 1.807) is 28.2 Å². The highest BCUT2D eigenvalue weighted by Crippen LogP contribution is 2.32. The number of aryl methyl sites for hydroxylation is 1. The first-order valence-electron chi connectivity index (χ1n) is 9.44. The lowest BCUT2D eigenvalue weighted by Gasteiger charge is -2.29. The van der Waals surface area contributed by atoms with E-state index < -0.39 is 11.9 Å². The molecule has 2 heterocycles. The van der Waals surface area contributed by atoms with Crippen molar-refractivity contribution in [1.29, 1.82) is 0 Å². The Bertz CT molecular complexity index is 929. The van der Waals surface area contributed by atoms with Gasteiger partial charge in [0.2, 0.25) is 5.91 Å². The number of benzene rings is 1. The summed E-state index contributed by atoms with van der Waals surface area (Å²) < 4.78 is 9.75. The van der Waals surface area contributed by atoms with Crippen LogP contribution in [0.3, 0.4) is 0 Å². The molecular weight excluding hydrogens is 372 g/mol. The van der Waals surface area contributed by atoms with E-state index in [1.807, 2.05) is 25.1 Å². The topological polar surface area (TPSA) is 76.2 Å².